The van der Waals surface area contributed by atoms with Crippen LogP contribution in [0.3, 0.4) is 0 Å². The second-order valence-electron chi connectivity index (χ2n) is 6.46. The Labute approximate surface area is 153 Å². The topological polar surface area (TPSA) is 24.1 Å². The number of aryl methyl sites for hydroxylation is 1. The van der Waals surface area contributed by atoms with Crippen molar-refractivity contribution in [2.45, 2.75) is 32.9 Å². The molecular formula is C21H22ClFN2. The molecule has 0 amide bonds. The lowest BCUT2D eigenvalue weighted by Crippen LogP contribution is -2.27. The molecule has 1 aliphatic heterocycles. The molecule has 0 radical (unpaired) electrons. The van der Waals surface area contributed by atoms with Crippen molar-refractivity contribution < 1.29 is 4.39 Å². The fourth-order valence-electron chi connectivity index (χ4n) is 3.18. The minimum absolute atomic E-state index is 0.00186. The molecule has 0 fully saturated rings. The van der Waals surface area contributed by atoms with Gasteiger partial charge in [0.25, 0.3) is 0 Å². The smallest absolute Gasteiger partial charge is 0.123 e. The normalized spacial score (nSPS) is 18.0. The van der Waals surface area contributed by atoms with Gasteiger partial charge in [0, 0.05) is 22.5 Å². The first-order chi connectivity index (χ1) is 11.9. The molecule has 2 N–H and O–H groups in total. The van der Waals surface area contributed by atoms with E-state index in [2.05, 4.69) is 22.8 Å². The summed E-state index contributed by atoms with van der Waals surface area (Å²) in [4.78, 5) is 0. The van der Waals surface area contributed by atoms with Gasteiger partial charge in [-0.25, -0.2) is 4.39 Å². The van der Waals surface area contributed by atoms with Crippen molar-refractivity contribution in [2.75, 3.05) is 0 Å². The Morgan fingerprint density at radius 1 is 1.16 bits per heavy atom. The van der Waals surface area contributed by atoms with Crippen molar-refractivity contribution in [2.24, 2.45) is 0 Å². The van der Waals surface area contributed by atoms with Gasteiger partial charge in [0.1, 0.15) is 5.82 Å². The summed E-state index contributed by atoms with van der Waals surface area (Å²) in [5.74, 6) is -0.214. The summed E-state index contributed by atoms with van der Waals surface area (Å²) in [6.07, 6.45) is 4.16. The molecule has 0 saturated carbocycles. The summed E-state index contributed by atoms with van der Waals surface area (Å²) in [7, 11) is 0. The lowest BCUT2D eigenvalue weighted by molar-refractivity contribution is 0.602. The number of hydrogen-bond acceptors (Lipinski definition) is 2. The van der Waals surface area contributed by atoms with E-state index in [9.17, 15) is 4.39 Å². The molecule has 0 aliphatic carbocycles. The molecule has 0 saturated heterocycles. The van der Waals surface area contributed by atoms with Gasteiger partial charge in [-0.3, -0.25) is 0 Å². The highest BCUT2D eigenvalue weighted by atomic mass is 35.5. The zero-order valence-electron chi connectivity index (χ0n) is 14.6. The van der Waals surface area contributed by atoms with E-state index in [0.29, 0.717) is 0 Å². The number of rotatable bonds is 4. The van der Waals surface area contributed by atoms with Crippen LogP contribution < -0.4 is 10.6 Å². The molecule has 0 aromatic heterocycles. The first-order valence-corrected chi connectivity index (χ1v) is 8.75. The highest BCUT2D eigenvalue weighted by Gasteiger charge is 2.18. The predicted molar refractivity (Wildman–Crippen MR) is 102 cm³/mol. The van der Waals surface area contributed by atoms with Crippen LogP contribution >= 0.6 is 11.6 Å². The molecule has 2 atom stereocenters. The van der Waals surface area contributed by atoms with Crippen molar-refractivity contribution in [3.63, 3.8) is 0 Å². The van der Waals surface area contributed by atoms with Crippen LogP contribution in [0.2, 0.25) is 5.02 Å². The van der Waals surface area contributed by atoms with Gasteiger partial charge >= 0.3 is 0 Å². The van der Waals surface area contributed by atoms with Gasteiger partial charge in [-0.05, 0) is 67.8 Å². The largest absolute Gasteiger partial charge is 0.379 e. The second kappa shape index (κ2) is 7.32. The molecule has 1 aliphatic rings. The van der Waals surface area contributed by atoms with Crippen LogP contribution in [0.25, 0.3) is 0 Å². The second-order valence-corrected chi connectivity index (χ2v) is 6.87. The highest BCUT2D eigenvalue weighted by Crippen LogP contribution is 2.28. The number of benzene rings is 2. The lowest BCUT2D eigenvalue weighted by Gasteiger charge is -2.27. The third kappa shape index (κ3) is 4.05. The quantitative estimate of drug-likeness (QED) is 0.748. The molecule has 2 unspecified atom stereocenters. The van der Waals surface area contributed by atoms with Crippen molar-refractivity contribution in [3.05, 3.63) is 93.5 Å². The maximum atomic E-state index is 13.6. The SMILES string of the molecule is CC1=CC(NC(C)c2cc(F)ccc2C)=CC(c2ccccc2Cl)N1. The van der Waals surface area contributed by atoms with Gasteiger partial charge < -0.3 is 10.6 Å². The first kappa shape index (κ1) is 17.6. The summed E-state index contributed by atoms with van der Waals surface area (Å²) in [6, 6.07) is 12.7. The molecule has 2 aromatic carbocycles. The van der Waals surface area contributed by atoms with E-state index < -0.39 is 0 Å². The molecular weight excluding hydrogens is 335 g/mol. The fourth-order valence-corrected chi connectivity index (χ4v) is 3.43. The minimum atomic E-state index is -0.214. The summed E-state index contributed by atoms with van der Waals surface area (Å²) in [6.45, 7) is 6.06. The zero-order chi connectivity index (χ0) is 18.0. The van der Waals surface area contributed by atoms with Crippen LogP contribution in [0.5, 0.6) is 0 Å². The lowest BCUT2D eigenvalue weighted by atomic mass is 9.99. The number of halogens is 2. The Morgan fingerprint density at radius 3 is 2.68 bits per heavy atom. The van der Waals surface area contributed by atoms with Crippen molar-refractivity contribution in [3.8, 4) is 0 Å². The van der Waals surface area contributed by atoms with Crippen LogP contribution in [0.4, 0.5) is 4.39 Å². The van der Waals surface area contributed by atoms with E-state index in [1.807, 2.05) is 51.1 Å². The highest BCUT2D eigenvalue weighted by molar-refractivity contribution is 6.31. The monoisotopic (exact) mass is 356 g/mol. The zero-order valence-corrected chi connectivity index (χ0v) is 15.4. The molecule has 4 heteroatoms. The van der Waals surface area contributed by atoms with Crippen LogP contribution in [0, 0.1) is 12.7 Å². The summed E-state index contributed by atoms with van der Waals surface area (Å²) >= 11 is 6.34. The molecule has 2 aromatic rings. The maximum Gasteiger partial charge on any atom is 0.123 e. The summed E-state index contributed by atoms with van der Waals surface area (Å²) in [5.41, 5.74) is 5.11. The Balaban J connectivity index is 1.85. The van der Waals surface area contributed by atoms with Crippen LogP contribution in [0.15, 0.2) is 66.0 Å². The van der Waals surface area contributed by atoms with Gasteiger partial charge in [-0.2, -0.15) is 0 Å². The van der Waals surface area contributed by atoms with Gasteiger partial charge in [-0.15, -0.1) is 0 Å². The van der Waals surface area contributed by atoms with Gasteiger partial charge in [0.15, 0.2) is 0 Å². The van der Waals surface area contributed by atoms with Crippen molar-refractivity contribution >= 4 is 11.6 Å². The van der Waals surface area contributed by atoms with Crippen molar-refractivity contribution in [1.29, 1.82) is 0 Å². The molecule has 25 heavy (non-hydrogen) atoms. The average molecular weight is 357 g/mol. The van der Waals surface area contributed by atoms with E-state index >= 15 is 0 Å². The van der Waals surface area contributed by atoms with E-state index in [-0.39, 0.29) is 17.9 Å². The fraction of sp³-hybridized carbons (Fsp3) is 0.238. The first-order valence-electron chi connectivity index (χ1n) is 8.37. The number of allylic oxidation sites excluding steroid dienone is 2. The average Bonchev–Trinajstić information content (AvgIpc) is 2.57. The minimum Gasteiger partial charge on any atom is -0.379 e. The number of nitrogens with one attached hydrogen (secondary N) is 2. The third-order valence-corrected chi connectivity index (χ3v) is 4.78. The molecule has 3 rings (SSSR count). The van der Waals surface area contributed by atoms with Gasteiger partial charge in [-0.1, -0.05) is 35.9 Å². The molecule has 1 heterocycles. The van der Waals surface area contributed by atoms with E-state index in [1.165, 1.54) is 6.07 Å². The third-order valence-electron chi connectivity index (χ3n) is 4.43. The van der Waals surface area contributed by atoms with E-state index in [0.717, 1.165) is 33.1 Å². The van der Waals surface area contributed by atoms with E-state index in [4.69, 9.17) is 11.6 Å². The Morgan fingerprint density at radius 2 is 1.92 bits per heavy atom. The summed E-state index contributed by atoms with van der Waals surface area (Å²) < 4.78 is 13.6. The number of hydrogen-bond donors (Lipinski definition) is 2. The number of dihydropyridines is 1. The Hall–Kier alpha value is -2.26. The molecule has 130 valence electrons. The predicted octanol–water partition coefficient (Wildman–Crippen LogP) is 5.57. The molecule has 0 spiro atoms. The standard InChI is InChI=1S/C21H22ClFN2/c1-13-8-9-16(23)11-19(13)15(3)25-17-10-14(2)24-21(12-17)18-6-4-5-7-20(18)22/h4-12,15,21,24-25H,1-3H3. The van der Waals surface area contributed by atoms with Gasteiger partial charge in [0.2, 0.25) is 0 Å². The van der Waals surface area contributed by atoms with Crippen molar-refractivity contribution in [1.82, 2.24) is 10.6 Å². The Kier molecular flexibility index (Phi) is 5.14. The molecule has 0 bridgehead atoms. The van der Waals surface area contributed by atoms with Crippen LogP contribution in [-0.2, 0) is 0 Å². The Bertz CT molecular complexity index is 842. The van der Waals surface area contributed by atoms with Crippen LogP contribution in [0.1, 0.15) is 42.6 Å². The maximum absolute atomic E-state index is 13.6. The van der Waals surface area contributed by atoms with Gasteiger partial charge in [0.05, 0.1) is 6.04 Å². The summed E-state index contributed by atoms with van der Waals surface area (Å²) in [5, 5.41) is 7.66. The molecule has 2 nitrogen and oxygen atoms in total. The van der Waals surface area contributed by atoms with Crippen LogP contribution in [-0.4, -0.2) is 0 Å². The van der Waals surface area contributed by atoms with E-state index in [1.54, 1.807) is 6.07 Å².